The zero-order chi connectivity index (χ0) is 21.8. The van der Waals surface area contributed by atoms with Crippen molar-refractivity contribution in [2.45, 2.75) is 36.4 Å². The minimum absolute atomic E-state index is 0.164. The van der Waals surface area contributed by atoms with Crippen molar-refractivity contribution < 1.29 is 9.47 Å². The molecule has 0 saturated carbocycles. The number of aromatic nitrogens is 7. The first-order valence-electron chi connectivity index (χ1n) is 10.5. The molecule has 3 heterocycles. The predicted molar refractivity (Wildman–Crippen MR) is 120 cm³/mol. The van der Waals surface area contributed by atoms with E-state index in [1.54, 1.807) is 23.6 Å². The Morgan fingerprint density at radius 2 is 1.91 bits per heavy atom. The molecule has 1 saturated heterocycles. The molecule has 0 spiro atoms. The van der Waals surface area contributed by atoms with Crippen molar-refractivity contribution in [1.29, 1.82) is 0 Å². The van der Waals surface area contributed by atoms with Gasteiger partial charge >= 0.3 is 0 Å². The Labute approximate surface area is 189 Å². The summed E-state index contributed by atoms with van der Waals surface area (Å²) in [6.07, 6.45) is 2.28. The van der Waals surface area contributed by atoms with E-state index in [4.69, 9.17) is 9.47 Å². The second kappa shape index (κ2) is 9.49. The van der Waals surface area contributed by atoms with E-state index in [1.165, 1.54) is 0 Å². The van der Waals surface area contributed by atoms with Gasteiger partial charge in [0.15, 0.2) is 16.8 Å². The van der Waals surface area contributed by atoms with Crippen LogP contribution < -0.4 is 4.74 Å². The molecule has 9 nitrogen and oxygen atoms in total. The monoisotopic (exact) mass is 449 g/mol. The number of ether oxygens (including phenoxy) is 2. The third-order valence-corrected chi connectivity index (χ3v) is 6.30. The fourth-order valence-electron chi connectivity index (χ4n) is 3.70. The normalized spacial score (nSPS) is 15.8. The lowest BCUT2D eigenvalue weighted by Gasteiger charge is -2.15. The molecular formula is C22H23N7O2S. The summed E-state index contributed by atoms with van der Waals surface area (Å²) < 4.78 is 15.1. The SMILES string of the molecule is COc1ccc(-c2nnc(SCc3nnnn3-c3ccccc3)n2C[C@H]2CCCO2)cc1. The lowest BCUT2D eigenvalue weighted by molar-refractivity contribution is 0.0953. The number of hydrogen-bond donors (Lipinski definition) is 0. The maximum atomic E-state index is 5.89. The number of rotatable bonds is 8. The van der Waals surface area contributed by atoms with Gasteiger partial charge in [0.1, 0.15) is 5.75 Å². The van der Waals surface area contributed by atoms with E-state index >= 15 is 0 Å². The Kier molecular flexibility index (Phi) is 6.13. The summed E-state index contributed by atoms with van der Waals surface area (Å²) in [5.41, 5.74) is 1.91. The molecule has 2 aromatic heterocycles. The number of thioether (sulfide) groups is 1. The van der Waals surface area contributed by atoms with Gasteiger partial charge in [0, 0.05) is 12.2 Å². The van der Waals surface area contributed by atoms with Gasteiger partial charge in [-0.15, -0.1) is 15.3 Å². The first-order chi connectivity index (χ1) is 15.8. The molecule has 0 aliphatic carbocycles. The second-order valence-electron chi connectivity index (χ2n) is 7.41. The smallest absolute Gasteiger partial charge is 0.192 e. The average molecular weight is 450 g/mol. The van der Waals surface area contributed by atoms with Crippen LogP contribution in [0, 0.1) is 0 Å². The van der Waals surface area contributed by atoms with Crippen LogP contribution in [-0.4, -0.2) is 54.8 Å². The molecule has 32 heavy (non-hydrogen) atoms. The topological polar surface area (TPSA) is 92.8 Å². The molecule has 0 radical (unpaired) electrons. The van der Waals surface area contributed by atoms with E-state index < -0.39 is 0 Å². The third-order valence-electron chi connectivity index (χ3n) is 5.34. The highest BCUT2D eigenvalue weighted by Gasteiger charge is 2.22. The Morgan fingerprint density at radius 3 is 2.66 bits per heavy atom. The minimum Gasteiger partial charge on any atom is -0.497 e. The van der Waals surface area contributed by atoms with E-state index in [9.17, 15) is 0 Å². The van der Waals surface area contributed by atoms with Crippen molar-refractivity contribution in [2.75, 3.05) is 13.7 Å². The highest BCUT2D eigenvalue weighted by molar-refractivity contribution is 7.98. The molecule has 2 aromatic carbocycles. The van der Waals surface area contributed by atoms with Crippen molar-refractivity contribution in [3.05, 3.63) is 60.4 Å². The number of methoxy groups -OCH3 is 1. The summed E-state index contributed by atoms with van der Waals surface area (Å²) in [5.74, 6) is 2.93. The average Bonchev–Trinajstić information content (AvgIpc) is 3.60. The van der Waals surface area contributed by atoms with E-state index in [-0.39, 0.29) is 6.10 Å². The van der Waals surface area contributed by atoms with Crippen LogP contribution in [0.3, 0.4) is 0 Å². The van der Waals surface area contributed by atoms with Gasteiger partial charge in [0.25, 0.3) is 0 Å². The van der Waals surface area contributed by atoms with Crippen LogP contribution in [0.1, 0.15) is 18.7 Å². The molecule has 1 atom stereocenters. The lowest BCUT2D eigenvalue weighted by atomic mass is 10.2. The molecule has 0 bridgehead atoms. The Bertz CT molecular complexity index is 1150. The van der Waals surface area contributed by atoms with E-state index in [0.717, 1.165) is 53.3 Å². The summed E-state index contributed by atoms with van der Waals surface area (Å²) >= 11 is 1.57. The van der Waals surface area contributed by atoms with E-state index in [2.05, 4.69) is 30.3 Å². The number of hydrogen-bond acceptors (Lipinski definition) is 8. The van der Waals surface area contributed by atoms with Crippen LogP contribution in [0.25, 0.3) is 17.1 Å². The van der Waals surface area contributed by atoms with Crippen molar-refractivity contribution in [1.82, 2.24) is 35.0 Å². The first-order valence-corrected chi connectivity index (χ1v) is 11.4. The van der Waals surface area contributed by atoms with Gasteiger partial charge in [0.05, 0.1) is 31.2 Å². The molecule has 164 valence electrons. The van der Waals surface area contributed by atoms with Crippen LogP contribution in [0.2, 0.25) is 0 Å². The standard InChI is InChI=1S/C22H23N7O2S/c1-30-18-11-9-16(10-12-18)21-24-25-22(28(21)14-19-8-5-13-31-19)32-15-20-23-26-27-29(20)17-6-3-2-4-7-17/h2-4,6-7,9-12,19H,5,8,13-15H2,1H3/t19-/m1/s1. The quantitative estimate of drug-likeness (QED) is 0.378. The largest absolute Gasteiger partial charge is 0.497 e. The summed E-state index contributed by atoms with van der Waals surface area (Å²) in [5, 5.41) is 22.0. The van der Waals surface area contributed by atoms with Crippen LogP contribution in [-0.2, 0) is 17.0 Å². The van der Waals surface area contributed by atoms with E-state index in [0.29, 0.717) is 12.3 Å². The van der Waals surface area contributed by atoms with Crippen LogP contribution in [0.4, 0.5) is 0 Å². The Hall–Kier alpha value is -3.24. The number of para-hydroxylation sites is 1. The van der Waals surface area contributed by atoms with Gasteiger partial charge in [-0.25, -0.2) is 0 Å². The third kappa shape index (κ3) is 4.37. The molecule has 0 unspecified atom stereocenters. The van der Waals surface area contributed by atoms with Gasteiger partial charge in [-0.3, -0.25) is 4.57 Å². The second-order valence-corrected chi connectivity index (χ2v) is 8.35. The molecule has 4 aromatic rings. The Morgan fingerprint density at radius 1 is 1.06 bits per heavy atom. The van der Waals surface area contributed by atoms with Crippen molar-refractivity contribution in [3.8, 4) is 22.8 Å². The minimum atomic E-state index is 0.164. The van der Waals surface area contributed by atoms with Crippen molar-refractivity contribution in [3.63, 3.8) is 0 Å². The lowest BCUT2D eigenvalue weighted by Crippen LogP contribution is -2.16. The molecular weight excluding hydrogens is 426 g/mol. The van der Waals surface area contributed by atoms with Crippen molar-refractivity contribution >= 4 is 11.8 Å². The maximum Gasteiger partial charge on any atom is 0.192 e. The summed E-state index contributed by atoms with van der Waals surface area (Å²) in [4.78, 5) is 0. The summed E-state index contributed by atoms with van der Waals surface area (Å²) in [6.45, 7) is 1.51. The van der Waals surface area contributed by atoms with Crippen LogP contribution >= 0.6 is 11.8 Å². The maximum absolute atomic E-state index is 5.89. The highest BCUT2D eigenvalue weighted by Crippen LogP contribution is 2.29. The molecule has 1 aliphatic rings. The fourth-order valence-corrected chi connectivity index (χ4v) is 4.55. The van der Waals surface area contributed by atoms with E-state index in [1.807, 2.05) is 54.6 Å². The first kappa shape index (κ1) is 20.7. The molecule has 1 fully saturated rings. The molecule has 1 aliphatic heterocycles. The van der Waals surface area contributed by atoms with Crippen LogP contribution in [0.15, 0.2) is 59.8 Å². The summed E-state index contributed by atoms with van der Waals surface area (Å²) in [6, 6.07) is 17.7. The fraction of sp³-hybridized carbons (Fsp3) is 0.318. The number of tetrazole rings is 1. The molecule has 0 amide bonds. The van der Waals surface area contributed by atoms with Gasteiger partial charge in [-0.1, -0.05) is 30.0 Å². The number of nitrogens with zero attached hydrogens (tertiary/aromatic N) is 7. The van der Waals surface area contributed by atoms with Gasteiger partial charge in [0.2, 0.25) is 0 Å². The zero-order valence-electron chi connectivity index (χ0n) is 17.7. The van der Waals surface area contributed by atoms with Gasteiger partial charge < -0.3 is 9.47 Å². The van der Waals surface area contributed by atoms with Crippen LogP contribution in [0.5, 0.6) is 5.75 Å². The molecule has 5 rings (SSSR count). The highest BCUT2D eigenvalue weighted by atomic mass is 32.2. The van der Waals surface area contributed by atoms with Crippen molar-refractivity contribution in [2.24, 2.45) is 0 Å². The predicted octanol–water partition coefficient (Wildman–Crippen LogP) is 3.40. The van der Waals surface area contributed by atoms with Gasteiger partial charge in [-0.2, -0.15) is 4.68 Å². The zero-order valence-corrected chi connectivity index (χ0v) is 18.5. The molecule has 10 heteroatoms. The number of benzene rings is 2. The summed E-state index contributed by atoms with van der Waals surface area (Å²) in [7, 11) is 1.66. The van der Waals surface area contributed by atoms with Gasteiger partial charge in [-0.05, 0) is 59.7 Å². The Balaban J connectivity index is 1.41. The molecule has 0 N–H and O–H groups in total.